The normalized spacial score (nSPS) is 16.4. The maximum atomic E-state index is 12.1. The van der Waals surface area contributed by atoms with E-state index in [1.807, 2.05) is 34.6 Å². The van der Waals surface area contributed by atoms with Crippen LogP contribution in [0, 0.1) is 0 Å². The van der Waals surface area contributed by atoms with Gasteiger partial charge in [-0.3, -0.25) is 0 Å². The second-order valence-corrected chi connectivity index (χ2v) is 6.95. The molecule has 1 amide bonds. The molecule has 0 aromatic heterocycles. The van der Waals surface area contributed by atoms with E-state index in [0.29, 0.717) is 6.54 Å². The number of rotatable bonds is 1. The number of ether oxygens (including phenoxy) is 1. The van der Waals surface area contributed by atoms with Crippen LogP contribution in [0.3, 0.4) is 0 Å². The van der Waals surface area contributed by atoms with Gasteiger partial charge in [-0.05, 0) is 62.4 Å². The van der Waals surface area contributed by atoms with Gasteiger partial charge in [-0.25, -0.2) is 4.79 Å². The van der Waals surface area contributed by atoms with Gasteiger partial charge in [-0.1, -0.05) is 26.0 Å². The summed E-state index contributed by atoms with van der Waals surface area (Å²) in [5.74, 6) is 0. The highest BCUT2D eigenvalue weighted by atomic mass is 16.6. The van der Waals surface area contributed by atoms with E-state index in [1.54, 1.807) is 4.90 Å². The van der Waals surface area contributed by atoms with Gasteiger partial charge in [-0.2, -0.15) is 0 Å². The first-order valence-corrected chi connectivity index (χ1v) is 8.96. The van der Waals surface area contributed by atoms with E-state index >= 15 is 0 Å². The molecule has 0 saturated carbocycles. The number of benzene rings is 1. The summed E-state index contributed by atoms with van der Waals surface area (Å²) in [7, 11) is 0. The monoisotopic (exact) mass is 330 g/mol. The van der Waals surface area contributed by atoms with Gasteiger partial charge in [0.1, 0.15) is 5.60 Å². The molecule has 0 unspecified atom stereocenters. The fourth-order valence-electron chi connectivity index (χ4n) is 2.93. The summed E-state index contributed by atoms with van der Waals surface area (Å²) in [6.45, 7) is 12.1. The fraction of sp³-hybridized carbons (Fsp3) is 0.550. The standard InChI is InChI=1S/C18H24N2O2.C2H6/c1-18(2,3)22-17(21)20-10-7-13(8-11-20)14-4-5-16-15(12-14)6-9-19-16;1-2/h4-5,7,12,19H,6,8-11H2,1-3H3;1-2H3. The number of hydrogen-bond acceptors (Lipinski definition) is 3. The number of carbonyl (C=O) groups is 1. The van der Waals surface area contributed by atoms with E-state index in [2.05, 4.69) is 29.6 Å². The van der Waals surface area contributed by atoms with Crippen molar-refractivity contribution in [2.45, 2.75) is 53.1 Å². The molecule has 1 aromatic carbocycles. The van der Waals surface area contributed by atoms with Crippen molar-refractivity contribution in [3.05, 3.63) is 35.4 Å². The SMILES string of the molecule is CC.CC(C)(C)OC(=O)N1CC=C(c2ccc3c(c2)CCN3)CC1. The largest absolute Gasteiger partial charge is 0.444 e. The van der Waals surface area contributed by atoms with Gasteiger partial charge in [0.2, 0.25) is 0 Å². The fourth-order valence-corrected chi connectivity index (χ4v) is 2.93. The van der Waals surface area contributed by atoms with Gasteiger partial charge >= 0.3 is 6.09 Å². The molecule has 132 valence electrons. The molecule has 4 nitrogen and oxygen atoms in total. The second kappa shape index (κ2) is 7.73. The highest BCUT2D eigenvalue weighted by Gasteiger charge is 2.24. The highest BCUT2D eigenvalue weighted by molar-refractivity contribution is 5.74. The molecule has 0 saturated heterocycles. The molecule has 2 heterocycles. The first-order valence-electron chi connectivity index (χ1n) is 8.96. The zero-order valence-corrected chi connectivity index (χ0v) is 15.6. The minimum atomic E-state index is -0.436. The summed E-state index contributed by atoms with van der Waals surface area (Å²) in [6, 6.07) is 6.62. The molecule has 1 N–H and O–H groups in total. The van der Waals surface area contributed by atoms with Crippen LogP contribution in [0.25, 0.3) is 5.57 Å². The molecule has 0 radical (unpaired) electrons. The zero-order valence-electron chi connectivity index (χ0n) is 15.6. The molecule has 0 fully saturated rings. The Bertz CT molecular complexity index is 615. The average Bonchev–Trinajstić information content (AvgIpc) is 3.03. The van der Waals surface area contributed by atoms with E-state index in [-0.39, 0.29) is 6.09 Å². The van der Waals surface area contributed by atoms with Crippen LogP contribution >= 0.6 is 0 Å². The Morgan fingerprint density at radius 1 is 1.21 bits per heavy atom. The molecule has 0 aliphatic carbocycles. The van der Waals surface area contributed by atoms with E-state index in [1.165, 1.54) is 22.4 Å². The van der Waals surface area contributed by atoms with Crippen molar-refractivity contribution in [3.63, 3.8) is 0 Å². The van der Waals surface area contributed by atoms with Gasteiger partial charge in [0.05, 0.1) is 0 Å². The molecular formula is C20H30N2O2. The molecule has 1 aromatic rings. The first kappa shape index (κ1) is 18.4. The number of carbonyl (C=O) groups excluding carboxylic acids is 1. The lowest BCUT2D eigenvalue weighted by Gasteiger charge is -2.29. The van der Waals surface area contributed by atoms with Gasteiger partial charge in [0.25, 0.3) is 0 Å². The van der Waals surface area contributed by atoms with E-state index < -0.39 is 5.60 Å². The molecular weight excluding hydrogens is 300 g/mol. The van der Waals surface area contributed by atoms with Crippen molar-refractivity contribution in [2.24, 2.45) is 0 Å². The number of fused-ring (bicyclic) bond motifs is 1. The number of nitrogens with zero attached hydrogens (tertiary/aromatic N) is 1. The van der Waals surface area contributed by atoms with Crippen LogP contribution in [0.5, 0.6) is 0 Å². The molecule has 4 heteroatoms. The molecule has 24 heavy (non-hydrogen) atoms. The van der Waals surface area contributed by atoms with Gasteiger partial charge in [0.15, 0.2) is 0 Å². The van der Waals surface area contributed by atoms with Crippen LogP contribution in [0.4, 0.5) is 10.5 Å². The average molecular weight is 330 g/mol. The van der Waals surface area contributed by atoms with Gasteiger partial charge in [0, 0.05) is 25.3 Å². The lowest BCUT2D eigenvalue weighted by Crippen LogP contribution is -2.39. The van der Waals surface area contributed by atoms with Gasteiger partial charge < -0.3 is 15.0 Å². The summed E-state index contributed by atoms with van der Waals surface area (Å²) in [4.78, 5) is 13.8. The second-order valence-electron chi connectivity index (χ2n) is 6.95. The third-order valence-corrected chi connectivity index (χ3v) is 4.05. The molecule has 3 rings (SSSR count). The molecule has 0 bridgehead atoms. The van der Waals surface area contributed by atoms with Crippen molar-refractivity contribution in [2.75, 3.05) is 25.0 Å². The summed E-state index contributed by atoms with van der Waals surface area (Å²) in [5.41, 5.74) is 4.83. The van der Waals surface area contributed by atoms with E-state index in [4.69, 9.17) is 4.74 Å². The Balaban J connectivity index is 0.00000100. The summed E-state index contributed by atoms with van der Waals surface area (Å²) >= 11 is 0. The van der Waals surface area contributed by atoms with Crippen LogP contribution in [-0.4, -0.2) is 36.2 Å². The Labute approximate surface area is 145 Å². The van der Waals surface area contributed by atoms with Crippen molar-refractivity contribution >= 4 is 17.4 Å². The number of nitrogens with one attached hydrogen (secondary N) is 1. The maximum Gasteiger partial charge on any atom is 0.410 e. The number of anilines is 1. The minimum Gasteiger partial charge on any atom is -0.444 e. The Hall–Kier alpha value is -1.97. The smallest absolute Gasteiger partial charge is 0.410 e. The summed E-state index contributed by atoms with van der Waals surface area (Å²) in [6.07, 6.45) is 3.91. The summed E-state index contributed by atoms with van der Waals surface area (Å²) < 4.78 is 5.43. The van der Waals surface area contributed by atoms with Crippen LogP contribution in [0.1, 0.15) is 52.2 Å². The third kappa shape index (κ3) is 4.53. The number of amides is 1. The van der Waals surface area contributed by atoms with Crippen LogP contribution in [0.15, 0.2) is 24.3 Å². The quantitative estimate of drug-likeness (QED) is 0.811. The number of hydrogen-bond donors (Lipinski definition) is 1. The van der Waals surface area contributed by atoms with Crippen LogP contribution in [-0.2, 0) is 11.2 Å². The Morgan fingerprint density at radius 3 is 2.58 bits per heavy atom. The molecule has 0 spiro atoms. The van der Waals surface area contributed by atoms with Crippen molar-refractivity contribution in [3.8, 4) is 0 Å². The predicted octanol–water partition coefficient (Wildman–Crippen LogP) is 4.71. The maximum absolute atomic E-state index is 12.1. The lowest BCUT2D eigenvalue weighted by molar-refractivity contribution is 0.0270. The minimum absolute atomic E-state index is 0.221. The molecule has 0 atom stereocenters. The molecule has 2 aliphatic rings. The molecule has 2 aliphatic heterocycles. The Kier molecular flexibility index (Phi) is 5.92. The highest BCUT2D eigenvalue weighted by Crippen LogP contribution is 2.29. The van der Waals surface area contributed by atoms with Crippen LogP contribution in [0.2, 0.25) is 0 Å². The third-order valence-electron chi connectivity index (χ3n) is 4.05. The van der Waals surface area contributed by atoms with E-state index in [9.17, 15) is 4.79 Å². The predicted molar refractivity (Wildman–Crippen MR) is 100 cm³/mol. The summed E-state index contributed by atoms with van der Waals surface area (Å²) in [5, 5.41) is 3.39. The Morgan fingerprint density at radius 2 is 1.96 bits per heavy atom. The van der Waals surface area contributed by atoms with Crippen LogP contribution < -0.4 is 5.32 Å². The van der Waals surface area contributed by atoms with E-state index in [0.717, 1.165) is 25.9 Å². The zero-order chi connectivity index (χ0) is 17.7. The topological polar surface area (TPSA) is 41.6 Å². The first-order chi connectivity index (χ1) is 11.4. The van der Waals surface area contributed by atoms with Crippen molar-refractivity contribution in [1.29, 1.82) is 0 Å². The van der Waals surface area contributed by atoms with Gasteiger partial charge in [-0.15, -0.1) is 0 Å². The van der Waals surface area contributed by atoms with Crippen molar-refractivity contribution < 1.29 is 9.53 Å². The lowest BCUT2D eigenvalue weighted by atomic mass is 9.97. The van der Waals surface area contributed by atoms with Crippen molar-refractivity contribution in [1.82, 2.24) is 4.90 Å².